The molecule has 4 rings (SSSR count). The maximum atomic E-state index is 12.4. The van der Waals surface area contributed by atoms with Crippen molar-refractivity contribution in [3.05, 3.63) is 90.0 Å². The van der Waals surface area contributed by atoms with Gasteiger partial charge in [0.2, 0.25) is 17.0 Å². The van der Waals surface area contributed by atoms with Crippen LogP contribution in [0.3, 0.4) is 0 Å². The Morgan fingerprint density at radius 3 is 2.53 bits per heavy atom. The number of nitrogens with two attached hydrogens (primary N) is 1. The molecule has 5 N–H and O–H groups in total. The molecule has 0 aliphatic carbocycles. The van der Waals surface area contributed by atoms with Crippen LogP contribution in [0, 0.1) is 0 Å². The van der Waals surface area contributed by atoms with Gasteiger partial charge in [-0.1, -0.05) is 60.3 Å². The number of nitrogen functional groups attached to an aromatic ring is 1. The number of para-hydroxylation sites is 1. The van der Waals surface area contributed by atoms with E-state index in [0.717, 1.165) is 22.9 Å². The maximum Gasteiger partial charge on any atom is 0.264 e. The van der Waals surface area contributed by atoms with E-state index in [1.807, 2.05) is 54.6 Å². The van der Waals surface area contributed by atoms with Crippen LogP contribution in [0.5, 0.6) is 5.75 Å². The Balaban J connectivity index is 1.29. The third kappa shape index (κ3) is 7.58. The van der Waals surface area contributed by atoms with Gasteiger partial charge >= 0.3 is 0 Å². The highest BCUT2D eigenvalue weighted by molar-refractivity contribution is 7.99. The summed E-state index contributed by atoms with van der Waals surface area (Å²) in [6.07, 6.45) is 1.60. The zero-order valence-corrected chi connectivity index (χ0v) is 21.3. The Bertz CT molecular complexity index is 1430. The number of hydrogen-bond acceptors (Lipinski definition) is 9. The van der Waals surface area contributed by atoms with Crippen molar-refractivity contribution in [2.75, 3.05) is 27.7 Å². The average Bonchev–Trinajstić information content (AvgIpc) is 3.26. The first-order valence-corrected chi connectivity index (χ1v) is 12.5. The van der Waals surface area contributed by atoms with Crippen molar-refractivity contribution < 1.29 is 14.3 Å². The average molecular weight is 531 g/mol. The van der Waals surface area contributed by atoms with E-state index in [0.29, 0.717) is 28.9 Å². The minimum Gasteiger partial charge on any atom is -0.488 e. The van der Waals surface area contributed by atoms with Crippen LogP contribution in [0.25, 0.3) is 0 Å². The molecule has 0 atom stereocenters. The number of carbonyl (C=O) groups excluding carboxylic acids is 2. The fourth-order valence-electron chi connectivity index (χ4n) is 3.27. The first-order chi connectivity index (χ1) is 18.5. The van der Waals surface area contributed by atoms with Gasteiger partial charge in [0.1, 0.15) is 12.4 Å². The highest BCUT2D eigenvalue weighted by Crippen LogP contribution is 2.20. The molecule has 0 spiro atoms. The zero-order chi connectivity index (χ0) is 26.7. The molecule has 2 amide bonds. The molecule has 0 aliphatic rings. The van der Waals surface area contributed by atoms with Gasteiger partial charge in [-0.15, -0.1) is 10.2 Å². The van der Waals surface area contributed by atoms with Crippen molar-refractivity contribution >= 4 is 47.1 Å². The number of benzene rings is 3. The van der Waals surface area contributed by atoms with Crippen LogP contribution in [-0.2, 0) is 16.2 Å². The molecule has 0 unspecified atom stereocenters. The normalized spacial score (nSPS) is 10.8. The lowest BCUT2D eigenvalue weighted by Gasteiger charge is -2.09. The molecule has 0 bridgehead atoms. The lowest BCUT2D eigenvalue weighted by atomic mass is 10.2. The molecule has 0 radical (unpaired) electrons. The summed E-state index contributed by atoms with van der Waals surface area (Å²) >= 11 is 1.12. The third-order valence-electron chi connectivity index (χ3n) is 4.99. The van der Waals surface area contributed by atoms with E-state index in [9.17, 15) is 9.59 Å². The van der Waals surface area contributed by atoms with E-state index in [4.69, 9.17) is 10.6 Å². The fourth-order valence-corrected chi connectivity index (χ4v) is 3.93. The number of ether oxygens (including phenoxy) is 1. The first kappa shape index (κ1) is 26.2. The van der Waals surface area contributed by atoms with Gasteiger partial charge in [-0.2, -0.15) is 5.10 Å². The van der Waals surface area contributed by atoms with Crippen LogP contribution in [0.4, 0.5) is 17.3 Å². The second-order valence-electron chi connectivity index (χ2n) is 7.96. The Hall–Kier alpha value is -4.84. The Morgan fingerprint density at radius 1 is 1.00 bits per heavy atom. The number of hydrazone groups is 1. The van der Waals surface area contributed by atoms with Crippen molar-refractivity contribution in [3.63, 3.8) is 0 Å². The monoisotopic (exact) mass is 530 g/mol. The number of amides is 2. The Kier molecular flexibility index (Phi) is 8.92. The number of thioether (sulfide) groups is 1. The van der Waals surface area contributed by atoms with Crippen molar-refractivity contribution in [1.82, 2.24) is 14.9 Å². The molecule has 11 nitrogen and oxygen atoms in total. The predicted molar refractivity (Wildman–Crippen MR) is 149 cm³/mol. The highest BCUT2D eigenvalue weighted by Gasteiger charge is 2.12. The number of hydrogen-bond donors (Lipinski definition) is 4. The van der Waals surface area contributed by atoms with Crippen LogP contribution in [0.1, 0.15) is 18.1 Å². The summed E-state index contributed by atoms with van der Waals surface area (Å²) < 4.78 is 7.15. The van der Waals surface area contributed by atoms with Crippen LogP contribution < -0.4 is 26.6 Å². The van der Waals surface area contributed by atoms with Gasteiger partial charge in [0.15, 0.2) is 0 Å². The molecule has 0 fully saturated rings. The van der Waals surface area contributed by atoms with Gasteiger partial charge in [0, 0.05) is 23.9 Å². The molecule has 4 aromatic rings. The minimum atomic E-state index is -0.266. The van der Waals surface area contributed by atoms with E-state index in [1.54, 1.807) is 30.5 Å². The molecule has 38 heavy (non-hydrogen) atoms. The largest absolute Gasteiger partial charge is 0.488 e. The fraction of sp³-hybridized carbons (Fsp3) is 0.115. The summed E-state index contributed by atoms with van der Waals surface area (Å²) in [7, 11) is 0. The van der Waals surface area contributed by atoms with Gasteiger partial charge < -0.3 is 21.2 Å². The van der Waals surface area contributed by atoms with Gasteiger partial charge in [-0.25, -0.2) is 10.1 Å². The van der Waals surface area contributed by atoms with Crippen molar-refractivity contribution in [2.45, 2.75) is 18.7 Å². The summed E-state index contributed by atoms with van der Waals surface area (Å²) in [4.78, 5) is 23.6. The van der Waals surface area contributed by atoms with Crippen molar-refractivity contribution in [2.24, 2.45) is 5.10 Å². The molecule has 12 heteroatoms. The molecular formula is C26H26N8O3S. The van der Waals surface area contributed by atoms with E-state index >= 15 is 0 Å². The van der Waals surface area contributed by atoms with Crippen molar-refractivity contribution in [1.29, 1.82) is 0 Å². The zero-order valence-electron chi connectivity index (χ0n) is 20.5. The molecule has 1 heterocycles. The SMILES string of the molecule is CC(=O)Nc1cccc(NC(=O)CSc2nnc(N/N=C/c3ccccc3OCc3ccccc3)n2N)c1. The highest BCUT2D eigenvalue weighted by atomic mass is 32.2. The Labute approximate surface area is 223 Å². The smallest absolute Gasteiger partial charge is 0.264 e. The standard InChI is InChI=1S/C26H26N8O3S/c1-18(35)29-21-11-7-12-22(14-21)30-24(36)17-38-26-33-32-25(34(26)27)31-28-15-20-10-5-6-13-23(20)37-16-19-8-3-2-4-9-19/h2-15H,16-17,27H2,1H3,(H,29,35)(H,30,36)(H,31,32)/b28-15+. The summed E-state index contributed by atoms with van der Waals surface area (Å²) in [5.74, 6) is 6.54. The van der Waals surface area contributed by atoms with Crippen LogP contribution in [0.15, 0.2) is 89.1 Å². The van der Waals surface area contributed by atoms with Gasteiger partial charge in [-0.3, -0.25) is 9.59 Å². The summed E-state index contributed by atoms with van der Waals surface area (Å²) in [6, 6.07) is 24.3. The summed E-state index contributed by atoms with van der Waals surface area (Å²) in [5.41, 5.74) is 5.74. The van der Waals surface area contributed by atoms with Gasteiger partial charge in [0.05, 0.1) is 12.0 Å². The van der Waals surface area contributed by atoms with Crippen LogP contribution in [0.2, 0.25) is 0 Å². The number of anilines is 3. The maximum absolute atomic E-state index is 12.4. The van der Waals surface area contributed by atoms with E-state index in [1.165, 1.54) is 11.6 Å². The third-order valence-corrected chi connectivity index (χ3v) is 5.93. The predicted octanol–water partition coefficient (Wildman–Crippen LogP) is 3.71. The quantitative estimate of drug-likeness (QED) is 0.0993. The molecule has 194 valence electrons. The molecule has 1 aromatic heterocycles. The summed E-state index contributed by atoms with van der Waals surface area (Å²) in [6.45, 7) is 1.85. The molecular weight excluding hydrogens is 504 g/mol. The summed E-state index contributed by atoms with van der Waals surface area (Å²) in [5, 5.41) is 18.0. The van der Waals surface area contributed by atoms with Crippen LogP contribution in [-0.4, -0.2) is 38.7 Å². The molecule has 0 aliphatic heterocycles. The van der Waals surface area contributed by atoms with E-state index in [-0.39, 0.29) is 23.5 Å². The lowest BCUT2D eigenvalue weighted by molar-refractivity contribution is -0.114. The lowest BCUT2D eigenvalue weighted by Crippen LogP contribution is -2.17. The van der Waals surface area contributed by atoms with E-state index in [2.05, 4.69) is 31.4 Å². The van der Waals surface area contributed by atoms with Crippen LogP contribution >= 0.6 is 11.8 Å². The number of rotatable bonds is 11. The number of carbonyl (C=O) groups is 2. The minimum absolute atomic E-state index is 0.0507. The topological polar surface area (TPSA) is 149 Å². The van der Waals surface area contributed by atoms with Gasteiger partial charge in [-0.05, 0) is 35.9 Å². The first-order valence-electron chi connectivity index (χ1n) is 11.5. The second kappa shape index (κ2) is 12.9. The number of nitrogens with zero attached hydrogens (tertiary/aromatic N) is 4. The second-order valence-corrected chi connectivity index (χ2v) is 8.90. The molecule has 0 saturated carbocycles. The number of nitrogens with one attached hydrogen (secondary N) is 3. The van der Waals surface area contributed by atoms with Crippen molar-refractivity contribution in [3.8, 4) is 5.75 Å². The molecule has 3 aromatic carbocycles. The molecule has 0 saturated heterocycles. The number of aromatic nitrogens is 3. The van der Waals surface area contributed by atoms with E-state index < -0.39 is 0 Å². The Morgan fingerprint density at radius 2 is 1.74 bits per heavy atom. The van der Waals surface area contributed by atoms with Gasteiger partial charge in [0.25, 0.3) is 5.95 Å².